The summed E-state index contributed by atoms with van der Waals surface area (Å²) in [5.41, 5.74) is 0. The van der Waals surface area contributed by atoms with Gasteiger partial charge in [-0.05, 0) is 6.08 Å². The molecule has 0 saturated carbocycles. The fourth-order valence-electron chi connectivity index (χ4n) is 0.184. The molecule has 0 saturated heterocycles. The van der Waals surface area contributed by atoms with Crippen LogP contribution < -0.4 is 0 Å². The summed E-state index contributed by atoms with van der Waals surface area (Å²) in [4.78, 5) is 10.2. The van der Waals surface area contributed by atoms with E-state index in [1.807, 2.05) is 0 Å². The largest absolute Gasteiger partial charge is 0.466 e. The third kappa shape index (κ3) is 2.98. The van der Waals surface area contributed by atoms with Gasteiger partial charge in [-0.3, -0.25) is 0 Å². The highest BCUT2D eigenvalue weighted by Crippen LogP contribution is 1.74. The Bertz CT molecular complexity index is 139. The van der Waals surface area contributed by atoms with Gasteiger partial charge in [-0.1, -0.05) is 5.92 Å². The standard InChI is InChI=1S/C6H6O2/c1-3-4-5-6(7)8-2/h1,4-5H,2H3/b5-4+. The molecular formula is C6H6O2. The van der Waals surface area contributed by atoms with Crippen molar-refractivity contribution >= 4 is 5.97 Å². The van der Waals surface area contributed by atoms with Crippen LogP contribution >= 0.6 is 0 Å². The summed E-state index contributed by atoms with van der Waals surface area (Å²) < 4.78 is 4.23. The van der Waals surface area contributed by atoms with Crippen molar-refractivity contribution < 1.29 is 9.53 Å². The van der Waals surface area contributed by atoms with E-state index < -0.39 is 5.97 Å². The molecule has 0 rings (SSSR count). The molecule has 0 amide bonds. The van der Waals surface area contributed by atoms with Crippen LogP contribution in [0.4, 0.5) is 0 Å². The number of hydrogen-bond acceptors (Lipinski definition) is 2. The third-order valence-electron chi connectivity index (χ3n) is 0.517. The smallest absolute Gasteiger partial charge is 0.331 e. The number of carbonyl (C=O) groups excluding carboxylic acids is 1. The van der Waals surface area contributed by atoms with E-state index in [4.69, 9.17) is 6.42 Å². The van der Waals surface area contributed by atoms with Crippen LogP contribution in [0.25, 0.3) is 0 Å². The van der Waals surface area contributed by atoms with Crippen molar-refractivity contribution in [2.45, 2.75) is 0 Å². The predicted octanol–water partition coefficient (Wildman–Crippen LogP) is 0.349. The lowest BCUT2D eigenvalue weighted by atomic mass is 10.5. The van der Waals surface area contributed by atoms with E-state index >= 15 is 0 Å². The van der Waals surface area contributed by atoms with Crippen molar-refractivity contribution in [2.75, 3.05) is 7.11 Å². The molecule has 0 bridgehead atoms. The first-order chi connectivity index (χ1) is 3.81. The minimum Gasteiger partial charge on any atom is -0.466 e. The van der Waals surface area contributed by atoms with E-state index in [0.717, 1.165) is 0 Å². The summed E-state index contributed by atoms with van der Waals surface area (Å²) in [6.07, 6.45) is 7.25. The molecule has 0 aliphatic rings. The van der Waals surface area contributed by atoms with Gasteiger partial charge >= 0.3 is 5.97 Å². The van der Waals surface area contributed by atoms with E-state index in [1.54, 1.807) is 0 Å². The van der Waals surface area contributed by atoms with Crippen LogP contribution in [0.1, 0.15) is 0 Å². The second-order valence-corrected chi connectivity index (χ2v) is 1.02. The first-order valence-corrected chi connectivity index (χ1v) is 2.02. The minimum atomic E-state index is -0.428. The summed E-state index contributed by atoms with van der Waals surface area (Å²) in [7, 11) is 1.29. The number of esters is 1. The Hall–Kier alpha value is -1.23. The summed E-state index contributed by atoms with van der Waals surface area (Å²) in [6, 6.07) is 0. The van der Waals surface area contributed by atoms with Crippen LogP contribution in [0.2, 0.25) is 0 Å². The van der Waals surface area contributed by atoms with E-state index in [1.165, 1.54) is 19.3 Å². The van der Waals surface area contributed by atoms with Crippen LogP contribution in [0.3, 0.4) is 0 Å². The van der Waals surface area contributed by atoms with Crippen molar-refractivity contribution in [2.24, 2.45) is 0 Å². The van der Waals surface area contributed by atoms with Gasteiger partial charge < -0.3 is 4.74 Å². The summed E-state index contributed by atoms with van der Waals surface area (Å²) >= 11 is 0. The summed E-state index contributed by atoms with van der Waals surface area (Å²) in [5.74, 6) is 1.72. The van der Waals surface area contributed by atoms with E-state index in [2.05, 4.69) is 10.7 Å². The molecule has 0 aliphatic carbocycles. The zero-order chi connectivity index (χ0) is 6.41. The molecule has 0 aliphatic heterocycles. The Kier molecular flexibility index (Phi) is 3.34. The van der Waals surface area contributed by atoms with Gasteiger partial charge in [-0.25, -0.2) is 4.79 Å². The van der Waals surface area contributed by atoms with Crippen molar-refractivity contribution in [1.82, 2.24) is 0 Å². The van der Waals surface area contributed by atoms with Crippen LogP contribution in [-0.2, 0) is 9.53 Å². The Labute approximate surface area is 48.1 Å². The topological polar surface area (TPSA) is 26.3 Å². The molecule has 0 unspecified atom stereocenters. The van der Waals surface area contributed by atoms with E-state index in [-0.39, 0.29) is 0 Å². The summed E-state index contributed by atoms with van der Waals surface area (Å²) in [6.45, 7) is 0. The fourth-order valence-corrected chi connectivity index (χ4v) is 0.184. The number of rotatable bonds is 1. The maximum Gasteiger partial charge on any atom is 0.331 e. The maximum absolute atomic E-state index is 10.2. The van der Waals surface area contributed by atoms with Gasteiger partial charge in [0.05, 0.1) is 7.11 Å². The molecule has 2 nitrogen and oxygen atoms in total. The average Bonchev–Trinajstić information content (AvgIpc) is 1.83. The molecular weight excluding hydrogens is 104 g/mol. The normalized spacial score (nSPS) is 8.50. The molecule has 2 heteroatoms. The van der Waals surface area contributed by atoms with Crippen LogP contribution in [-0.4, -0.2) is 13.1 Å². The number of allylic oxidation sites excluding steroid dienone is 1. The monoisotopic (exact) mass is 110 g/mol. The van der Waals surface area contributed by atoms with Crippen LogP contribution in [0.15, 0.2) is 12.2 Å². The Morgan fingerprint density at radius 2 is 2.50 bits per heavy atom. The highest BCUT2D eigenvalue weighted by atomic mass is 16.5. The minimum absolute atomic E-state index is 0.428. The number of terminal acetylenes is 1. The van der Waals surface area contributed by atoms with Crippen molar-refractivity contribution in [3.8, 4) is 12.3 Å². The fraction of sp³-hybridized carbons (Fsp3) is 0.167. The lowest BCUT2D eigenvalue weighted by Gasteiger charge is -1.84. The highest BCUT2D eigenvalue weighted by Gasteiger charge is 1.85. The van der Waals surface area contributed by atoms with Gasteiger partial charge in [0, 0.05) is 6.08 Å². The number of ether oxygens (including phenoxy) is 1. The molecule has 0 aromatic rings. The number of methoxy groups -OCH3 is 1. The maximum atomic E-state index is 10.2. The second kappa shape index (κ2) is 3.94. The van der Waals surface area contributed by atoms with E-state index in [9.17, 15) is 4.79 Å². The highest BCUT2D eigenvalue weighted by molar-refractivity contribution is 5.82. The SMILES string of the molecule is C#C/C=C/C(=O)OC. The number of hydrogen-bond donors (Lipinski definition) is 0. The Morgan fingerprint density at radius 3 is 2.88 bits per heavy atom. The van der Waals surface area contributed by atoms with Gasteiger partial charge in [-0.2, -0.15) is 0 Å². The molecule has 42 valence electrons. The third-order valence-corrected chi connectivity index (χ3v) is 0.517. The molecule has 0 spiro atoms. The zero-order valence-electron chi connectivity index (χ0n) is 4.55. The van der Waals surface area contributed by atoms with Crippen molar-refractivity contribution in [3.63, 3.8) is 0 Å². The Morgan fingerprint density at radius 1 is 1.88 bits per heavy atom. The number of carbonyl (C=O) groups is 1. The second-order valence-electron chi connectivity index (χ2n) is 1.02. The molecule has 0 heterocycles. The van der Waals surface area contributed by atoms with Crippen LogP contribution in [0.5, 0.6) is 0 Å². The molecule has 0 radical (unpaired) electrons. The average molecular weight is 110 g/mol. The van der Waals surface area contributed by atoms with E-state index in [0.29, 0.717) is 0 Å². The van der Waals surface area contributed by atoms with Crippen molar-refractivity contribution in [1.29, 1.82) is 0 Å². The molecule has 8 heavy (non-hydrogen) atoms. The van der Waals surface area contributed by atoms with Gasteiger partial charge in [0.15, 0.2) is 0 Å². The lowest BCUT2D eigenvalue weighted by Crippen LogP contribution is -1.92. The molecule has 0 atom stereocenters. The van der Waals surface area contributed by atoms with Gasteiger partial charge in [0.1, 0.15) is 0 Å². The molecule has 0 N–H and O–H groups in total. The Balaban J connectivity index is 3.57. The molecule has 0 aromatic carbocycles. The van der Waals surface area contributed by atoms with Gasteiger partial charge in [0.25, 0.3) is 0 Å². The molecule has 0 aromatic heterocycles. The quantitative estimate of drug-likeness (QED) is 0.276. The first kappa shape index (κ1) is 6.77. The lowest BCUT2D eigenvalue weighted by molar-refractivity contribution is -0.134. The predicted molar refractivity (Wildman–Crippen MR) is 30.0 cm³/mol. The van der Waals surface area contributed by atoms with Gasteiger partial charge in [0.2, 0.25) is 0 Å². The summed E-state index contributed by atoms with van der Waals surface area (Å²) in [5, 5.41) is 0. The first-order valence-electron chi connectivity index (χ1n) is 2.02. The zero-order valence-corrected chi connectivity index (χ0v) is 4.55. The van der Waals surface area contributed by atoms with Gasteiger partial charge in [-0.15, -0.1) is 6.42 Å². The molecule has 0 fully saturated rings. The van der Waals surface area contributed by atoms with Crippen LogP contribution in [0, 0.1) is 12.3 Å². The van der Waals surface area contributed by atoms with Crippen molar-refractivity contribution in [3.05, 3.63) is 12.2 Å².